The molecule has 1 aromatic carbocycles. The molecule has 0 bridgehead atoms. The Morgan fingerprint density at radius 2 is 2.33 bits per heavy atom. The van der Waals surface area contributed by atoms with Crippen LogP contribution >= 0.6 is 0 Å². The van der Waals surface area contributed by atoms with E-state index in [4.69, 9.17) is 9.94 Å². The summed E-state index contributed by atoms with van der Waals surface area (Å²) in [6, 6.07) is 4.71. The Balaban J connectivity index is 2.85. The second-order valence-corrected chi connectivity index (χ2v) is 3.72. The Labute approximate surface area is 104 Å². The van der Waals surface area contributed by atoms with Crippen LogP contribution in [0.25, 0.3) is 0 Å². The molecule has 0 radical (unpaired) electrons. The molecule has 0 aromatic heterocycles. The number of alkyl halides is 1. The van der Waals surface area contributed by atoms with E-state index in [9.17, 15) is 8.78 Å². The number of rotatable bonds is 6. The van der Waals surface area contributed by atoms with Crippen LogP contribution in [0.3, 0.4) is 0 Å². The minimum atomic E-state index is -0.797. The van der Waals surface area contributed by atoms with Gasteiger partial charge in [0.15, 0.2) is 0 Å². The first-order valence-corrected chi connectivity index (χ1v) is 5.40. The van der Waals surface area contributed by atoms with Crippen molar-refractivity contribution < 1.29 is 18.7 Å². The van der Waals surface area contributed by atoms with E-state index in [1.54, 1.807) is 19.1 Å². The number of hydrogen-bond acceptors (Lipinski definition) is 3. The summed E-state index contributed by atoms with van der Waals surface area (Å²) in [7, 11) is 0. The van der Waals surface area contributed by atoms with Crippen LogP contribution in [0.4, 0.5) is 8.78 Å². The fourth-order valence-electron chi connectivity index (χ4n) is 1.39. The highest BCUT2D eigenvalue weighted by atomic mass is 19.1. The van der Waals surface area contributed by atoms with Gasteiger partial charge in [0.1, 0.15) is 24.3 Å². The zero-order valence-corrected chi connectivity index (χ0v) is 10.1. The van der Waals surface area contributed by atoms with Crippen molar-refractivity contribution in [2.75, 3.05) is 13.3 Å². The quantitative estimate of drug-likeness (QED) is 0.367. The Morgan fingerprint density at radius 1 is 1.61 bits per heavy atom. The van der Waals surface area contributed by atoms with E-state index in [1.165, 1.54) is 12.1 Å². The first-order valence-electron chi connectivity index (χ1n) is 5.40. The molecule has 3 nitrogen and oxygen atoms in total. The molecule has 1 rings (SSSR count). The van der Waals surface area contributed by atoms with E-state index in [1.807, 2.05) is 0 Å². The number of ether oxygens (including phenoxy) is 1. The Bertz CT molecular complexity index is 447. The third kappa shape index (κ3) is 3.37. The van der Waals surface area contributed by atoms with E-state index in [0.717, 1.165) is 0 Å². The molecule has 0 aliphatic carbocycles. The summed E-state index contributed by atoms with van der Waals surface area (Å²) in [4.78, 5) is 0. The molecular formula is C13H15F2NO2. The zero-order chi connectivity index (χ0) is 13.5. The van der Waals surface area contributed by atoms with Crippen LogP contribution in [-0.4, -0.2) is 30.3 Å². The third-order valence-corrected chi connectivity index (χ3v) is 2.47. The normalized spacial score (nSPS) is 13.4. The van der Waals surface area contributed by atoms with Crippen molar-refractivity contribution in [3.8, 4) is 0 Å². The van der Waals surface area contributed by atoms with Crippen LogP contribution in [0.2, 0.25) is 0 Å². The highest BCUT2D eigenvalue weighted by molar-refractivity contribution is 6.01. The monoisotopic (exact) mass is 255 g/mol. The van der Waals surface area contributed by atoms with E-state index >= 15 is 0 Å². The van der Waals surface area contributed by atoms with Crippen LogP contribution in [0.15, 0.2) is 36.0 Å². The predicted octanol–water partition coefficient (Wildman–Crippen LogP) is 2.85. The molecule has 0 unspecified atom stereocenters. The van der Waals surface area contributed by atoms with Gasteiger partial charge in [-0.05, 0) is 18.6 Å². The van der Waals surface area contributed by atoms with Crippen molar-refractivity contribution in [1.82, 2.24) is 0 Å². The summed E-state index contributed by atoms with van der Waals surface area (Å²) >= 11 is 0. The van der Waals surface area contributed by atoms with Crippen molar-refractivity contribution >= 4 is 5.71 Å². The summed E-state index contributed by atoms with van der Waals surface area (Å²) in [6.07, 6.45) is 0.497. The molecule has 1 atom stereocenters. The molecule has 0 aliphatic rings. The molecule has 5 heteroatoms. The number of aryl methyl sites for hydroxylation is 1. The van der Waals surface area contributed by atoms with Gasteiger partial charge < -0.3 is 9.94 Å². The van der Waals surface area contributed by atoms with Gasteiger partial charge >= 0.3 is 0 Å². The van der Waals surface area contributed by atoms with Gasteiger partial charge in [0.05, 0.1) is 6.61 Å². The molecule has 0 spiro atoms. The molecule has 0 saturated heterocycles. The largest absolute Gasteiger partial charge is 0.411 e. The highest BCUT2D eigenvalue weighted by Crippen LogP contribution is 2.13. The number of halogens is 2. The lowest BCUT2D eigenvalue weighted by Gasteiger charge is -2.12. The van der Waals surface area contributed by atoms with Crippen molar-refractivity contribution in [2.45, 2.75) is 13.0 Å². The third-order valence-electron chi connectivity index (χ3n) is 2.47. The number of hydrogen-bond donors (Lipinski definition) is 1. The SMILES string of the molecule is C=C[C@@H](CF)OCC(=NO)c1cccc(C)c1F. The molecule has 0 aliphatic heterocycles. The number of nitrogens with zero attached hydrogens (tertiary/aromatic N) is 1. The summed E-state index contributed by atoms with van der Waals surface area (Å²) in [5.41, 5.74) is 0.579. The molecule has 1 N–H and O–H groups in total. The lowest BCUT2D eigenvalue weighted by Crippen LogP contribution is -2.20. The Morgan fingerprint density at radius 3 is 2.89 bits per heavy atom. The Kier molecular flexibility index (Phi) is 5.45. The highest BCUT2D eigenvalue weighted by Gasteiger charge is 2.14. The summed E-state index contributed by atoms with van der Waals surface area (Å²) in [5.74, 6) is -0.482. The van der Waals surface area contributed by atoms with Crippen molar-refractivity contribution in [1.29, 1.82) is 0 Å². The van der Waals surface area contributed by atoms with Crippen molar-refractivity contribution in [3.05, 3.63) is 47.8 Å². The molecule has 1 aromatic rings. The van der Waals surface area contributed by atoms with Crippen LogP contribution in [0, 0.1) is 12.7 Å². The maximum atomic E-state index is 13.8. The van der Waals surface area contributed by atoms with Gasteiger partial charge in [-0.15, -0.1) is 6.58 Å². The van der Waals surface area contributed by atoms with E-state index in [0.29, 0.717) is 5.56 Å². The maximum Gasteiger partial charge on any atom is 0.135 e. The van der Waals surface area contributed by atoms with Crippen LogP contribution in [0.5, 0.6) is 0 Å². The molecule has 0 fully saturated rings. The fraction of sp³-hybridized carbons (Fsp3) is 0.308. The molecule has 18 heavy (non-hydrogen) atoms. The summed E-state index contributed by atoms with van der Waals surface area (Å²) in [5, 5.41) is 11.9. The van der Waals surface area contributed by atoms with Crippen molar-refractivity contribution in [2.24, 2.45) is 5.16 Å². The zero-order valence-electron chi connectivity index (χ0n) is 10.1. The first-order chi connectivity index (χ1) is 8.63. The van der Waals surface area contributed by atoms with Gasteiger partial charge in [-0.25, -0.2) is 8.78 Å². The van der Waals surface area contributed by atoms with Crippen LogP contribution < -0.4 is 0 Å². The summed E-state index contributed by atoms with van der Waals surface area (Å²) in [6.45, 7) is 4.06. The lowest BCUT2D eigenvalue weighted by molar-refractivity contribution is 0.0944. The van der Waals surface area contributed by atoms with Crippen LogP contribution in [-0.2, 0) is 4.74 Å². The minimum Gasteiger partial charge on any atom is -0.411 e. The van der Waals surface area contributed by atoms with E-state index in [2.05, 4.69) is 11.7 Å². The minimum absolute atomic E-state index is 0.0106. The molecule has 0 saturated carbocycles. The second kappa shape index (κ2) is 6.86. The predicted molar refractivity (Wildman–Crippen MR) is 65.4 cm³/mol. The van der Waals surface area contributed by atoms with Gasteiger partial charge in [-0.3, -0.25) is 0 Å². The number of oxime groups is 1. The van der Waals surface area contributed by atoms with Gasteiger partial charge in [0.2, 0.25) is 0 Å². The average Bonchev–Trinajstić information content (AvgIpc) is 2.39. The molecular weight excluding hydrogens is 240 g/mol. The molecule has 0 amide bonds. The lowest BCUT2D eigenvalue weighted by atomic mass is 10.1. The van der Waals surface area contributed by atoms with Gasteiger partial charge in [0.25, 0.3) is 0 Å². The Hall–Kier alpha value is -1.75. The maximum absolute atomic E-state index is 13.8. The van der Waals surface area contributed by atoms with Gasteiger partial charge in [-0.1, -0.05) is 23.4 Å². The van der Waals surface area contributed by atoms with E-state index < -0.39 is 18.6 Å². The van der Waals surface area contributed by atoms with Gasteiger partial charge in [0, 0.05) is 5.56 Å². The smallest absolute Gasteiger partial charge is 0.135 e. The number of benzene rings is 1. The standard InChI is InChI=1S/C13H15F2NO2/c1-3-10(7-14)18-8-12(16-17)11-6-4-5-9(2)13(11)15/h3-6,10,17H,1,7-8H2,2H3/t10-/m0/s1. The van der Waals surface area contributed by atoms with Gasteiger partial charge in [-0.2, -0.15) is 0 Å². The van der Waals surface area contributed by atoms with E-state index in [-0.39, 0.29) is 17.9 Å². The average molecular weight is 255 g/mol. The topological polar surface area (TPSA) is 41.8 Å². The van der Waals surface area contributed by atoms with Crippen LogP contribution in [0.1, 0.15) is 11.1 Å². The van der Waals surface area contributed by atoms with Crippen molar-refractivity contribution in [3.63, 3.8) is 0 Å². The molecule has 98 valence electrons. The first kappa shape index (κ1) is 14.3. The second-order valence-electron chi connectivity index (χ2n) is 3.72. The fourth-order valence-corrected chi connectivity index (χ4v) is 1.39. The summed E-state index contributed by atoms with van der Waals surface area (Å²) < 4.78 is 31.3. The molecule has 0 heterocycles.